The number of aromatic carboxylic acids is 1. The van der Waals surface area contributed by atoms with E-state index in [1.165, 1.54) is 6.20 Å². The van der Waals surface area contributed by atoms with Gasteiger partial charge in [0.2, 0.25) is 5.56 Å². The molecule has 1 heterocycles. The van der Waals surface area contributed by atoms with Crippen molar-refractivity contribution in [2.24, 2.45) is 0 Å². The van der Waals surface area contributed by atoms with E-state index >= 15 is 0 Å². The van der Waals surface area contributed by atoms with Crippen LogP contribution in [0, 0.1) is 6.92 Å². The third-order valence-corrected chi connectivity index (χ3v) is 2.95. The number of hydrogen-bond acceptors (Lipinski definition) is 3. The van der Waals surface area contributed by atoms with Crippen LogP contribution in [0.25, 0.3) is 11.1 Å². The Labute approximate surface area is 115 Å². The van der Waals surface area contributed by atoms with Crippen molar-refractivity contribution in [3.63, 3.8) is 0 Å². The zero-order valence-electron chi connectivity index (χ0n) is 11.3. The second kappa shape index (κ2) is 5.61. The molecule has 0 aliphatic rings. The van der Waals surface area contributed by atoms with Gasteiger partial charge in [0.1, 0.15) is 5.75 Å². The van der Waals surface area contributed by atoms with E-state index in [4.69, 9.17) is 4.74 Å². The predicted molar refractivity (Wildman–Crippen MR) is 75.4 cm³/mol. The molecule has 5 heteroatoms. The Hall–Kier alpha value is -2.56. The summed E-state index contributed by atoms with van der Waals surface area (Å²) in [5.41, 5.74) is 1.67. The lowest BCUT2D eigenvalue weighted by Crippen LogP contribution is -2.10. The van der Waals surface area contributed by atoms with Gasteiger partial charge in [0.05, 0.1) is 12.2 Å². The summed E-state index contributed by atoms with van der Waals surface area (Å²) in [6, 6.07) is 6.51. The number of aryl methyl sites for hydroxylation is 1. The molecule has 0 bridgehead atoms. The van der Waals surface area contributed by atoms with Crippen LogP contribution in [0.4, 0.5) is 0 Å². The fraction of sp³-hybridized carbons (Fsp3) is 0.200. The van der Waals surface area contributed by atoms with Gasteiger partial charge in [-0.15, -0.1) is 0 Å². The number of hydrogen-bond donors (Lipinski definition) is 2. The molecule has 0 aliphatic heterocycles. The van der Waals surface area contributed by atoms with Crippen LogP contribution in [0.1, 0.15) is 22.8 Å². The van der Waals surface area contributed by atoms with Crippen molar-refractivity contribution in [3.05, 3.63) is 51.9 Å². The molecule has 2 rings (SSSR count). The van der Waals surface area contributed by atoms with Gasteiger partial charge in [0, 0.05) is 17.8 Å². The number of benzene rings is 1. The van der Waals surface area contributed by atoms with E-state index in [2.05, 4.69) is 4.98 Å². The minimum Gasteiger partial charge on any atom is -0.494 e. The van der Waals surface area contributed by atoms with Crippen LogP contribution in [0.5, 0.6) is 5.75 Å². The molecular weight excluding hydrogens is 258 g/mol. The first-order valence-electron chi connectivity index (χ1n) is 6.22. The number of nitrogens with one attached hydrogen (secondary N) is 1. The molecule has 0 atom stereocenters. The van der Waals surface area contributed by atoms with Crippen molar-refractivity contribution >= 4 is 5.97 Å². The van der Waals surface area contributed by atoms with E-state index in [0.717, 1.165) is 22.9 Å². The van der Waals surface area contributed by atoms with E-state index in [1.807, 2.05) is 19.9 Å². The van der Waals surface area contributed by atoms with Crippen LogP contribution < -0.4 is 10.3 Å². The summed E-state index contributed by atoms with van der Waals surface area (Å²) in [5.74, 6) is -0.394. The summed E-state index contributed by atoms with van der Waals surface area (Å²) in [5, 5.41) is 9.20. The number of aromatic amines is 1. The molecule has 2 aromatic rings. The molecule has 1 aromatic heterocycles. The van der Waals surface area contributed by atoms with Crippen LogP contribution in [-0.2, 0) is 0 Å². The van der Waals surface area contributed by atoms with Gasteiger partial charge < -0.3 is 14.8 Å². The first kappa shape index (κ1) is 13.9. The van der Waals surface area contributed by atoms with Crippen molar-refractivity contribution in [3.8, 4) is 16.9 Å². The van der Waals surface area contributed by atoms with Crippen LogP contribution in [-0.4, -0.2) is 22.7 Å². The van der Waals surface area contributed by atoms with Crippen molar-refractivity contribution in [1.29, 1.82) is 0 Å². The summed E-state index contributed by atoms with van der Waals surface area (Å²) in [7, 11) is 0. The number of aromatic nitrogens is 1. The van der Waals surface area contributed by atoms with Crippen molar-refractivity contribution in [2.75, 3.05) is 6.61 Å². The molecule has 0 amide bonds. The monoisotopic (exact) mass is 273 g/mol. The Morgan fingerprint density at radius 2 is 2.05 bits per heavy atom. The molecule has 104 valence electrons. The van der Waals surface area contributed by atoms with Crippen LogP contribution in [0.15, 0.2) is 35.3 Å². The molecule has 1 aromatic carbocycles. The minimum atomic E-state index is -1.13. The lowest BCUT2D eigenvalue weighted by molar-refractivity contribution is 0.0697. The maximum Gasteiger partial charge on any atom is 0.336 e. The largest absolute Gasteiger partial charge is 0.494 e. The summed E-state index contributed by atoms with van der Waals surface area (Å²) < 4.78 is 5.40. The number of carboxylic acid groups (broad SMARTS) is 1. The van der Waals surface area contributed by atoms with Gasteiger partial charge in [0.25, 0.3) is 0 Å². The van der Waals surface area contributed by atoms with E-state index in [-0.39, 0.29) is 5.56 Å². The van der Waals surface area contributed by atoms with Gasteiger partial charge in [-0.3, -0.25) is 4.79 Å². The normalized spacial score (nSPS) is 10.3. The Morgan fingerprint density at radius 1 is 1.30 bits per heavy atom. The van der Waals surface area contributed by atoms with Gasteiger partial charge in [-0.05, 0) is 37.1 Å². The third kappa shape index (κ3) is 2.71. The molecule has 0 aliphatic carbocycles. The summed E-state index contributed by atoms with van der Waals surface area (Å²) in [4.78, 5) is 25.0. The first-order valence-corrected chi connectivity index (χ1v) is 6.22. The maximum atomic E-state index is 11.3. The number of H-pyrrole nitrogens is 1. The van der Waals surface area contributed by atoms with Crippen molar-refractivity contribution < 1.29 is 14.6 Å². The average molecular weight is 273 g/mol. The Morgan fingerprint density at radius 3 is 2.65 bits per heavy atom. The van der Waals surface area contributed by atoms with Gasteiger partial charge in [0.15, 0.2) is 0 Å². The molecule has 0 fully saturated rings. The third-order valence-electron chi connectivity index (χ3n) is 2.95. The van der Waals surface area contributed by atoms with Gasteiger partial charge >= 0.3 is 5.97 Å². The fourth-order valence-electron chi connectivity index (χ4n) is 2.07. The summed E-state index contributed by atoms with van der Waals surface area (Å²) in [6.45, 7) is 4.33. The van der Waals surface area contributed by atoms with Crippen LogP contribution in [0.2, 0.25) is 0 Å². The lowest BCUT2D eigenvalue weighted by atomic mass is 9.97. The maximum absolute atomic E-state index is 11.3. The molecule has 0 radical (unpaired) electrons. The van der Waals surface area contributed by atoms with E-state index in [0.29, 0.717) is 12.2 Å². The molecule has 2 N–H and O–H groups in total. The highest BCUT2D eigenvalue weighted by atomic mass is 16.5. The van der Waals surface area contributed by atoms with Crippen LogP contribution in [0.3, 0.4) is 0 Å². The number of carboxylic acids is 1. The fourth-order valence-corrected chi connectivity index (χ4v) is 2.07. The molecule has 5 nitrogen and oxygen atoms in total. The van der Waals surface area contributed by atoms with E-state index in [9.17, 15) is 14.7 Å². The first-order chi connectivity index (χ1) is 9.52. The molecule has 0 saturated carbocycles. The average Bonchev–Trinajstić information content (AvgIpc) is 2.40. The van der Waals surface area contributed by atoms with Crippen LogP contribution >= 0.6 is 0 Å². The molecular formula is C15H15NO4. The second-order valence-electron chi connectivity index (χ2n) is 4.34. The van der Waals surface area contributed by atoms with Gasteiger partial charge in [-0.2, -0.15) is 0 Å². The van der Waals surface area contributed by atoms with E-state index in [1.54, 1.807) is 12.1 Å². The molecule has 0 spiro atoms. The summed E-state index contributed by atoms with van der Waals surface area (Å²) >= 11 is 0. The topological polar surface area (TPSA) is 79.4 Å². The highest BCUT2D eigenvalue weighted by molar-refractivity contribution is 5.96. The number of carbonyl (C=O) groups is 1. The molecule has 20 heavy (non-hydrogen) atoms. The second-order valence-corrected chi connectivity index (χ2v) is 4.34. The quantitative estimate of drug-likeness (QED) is 0.896. The summed E-state index contributed by atoms with van der Waals surface area (Å²) in [6.07, 6.45) is 1.43. The Bertz CT molecular complexity index is 703. The van der Waals surface area contributed by atoms with Crippen molar-refractivity contribution in [1.82, 2.24) is 4.98 Å². The minimum absolute atomic E-state index is 0.0130. The highest BCUT2D eigenvalue weighted by Gasteiger charge is 2.14. The standard InChI is InChI=1S/C15H15NO4/c1-3-20-10-4-5-11(9(2)6-10)13-8-16-14(17)7-12(13)15(18)19/h4-8H,3H2,1-2H3,(H,16,17)(H,18,19). The Balaban J connectivity index is 2.57. The highest BCUT2D eigenvalue weighted by Crippen LogP contribution is 2.28. The lowest BCUT2D eigenvalue weighted by Gasteiger charge is -2.11. The smallest absolute Gasteiger partial charge is 0.336 e. The van der Waals surface area contributed by atoms with Gasteiger partial charge in [-0.1, -0.05) is 6.07 Å². The number of ether oxygens (including phenoxy) is 1. The Kier molecular flexibility index (Phi) is 3.89. The predicted octanol–water partition coefficient (Wildman–Crippen LogP) is 2.45. The molecule has 0 saturated heterocycles. The zero-order valence-corrected chi connectivity index (χ0v) is 11.3. The number of pyridine rings is 1. The zero-order chi connectivity index (χ0) is 14.7. The van der Waals surface area contributed by atoms with E-state index < -0.39 is 11.5 Å². The van der Waals surface area contributed by atoms with Gasteiger partial charge in [-0.25, -0.2) is 4.79 Å². The molecule has 0 unspecified atom stereocenters. The SMILES string of the molecule is CCOc1ccc(-c2c[nH]c(=O)cc2C(=O)O)c(C)c1. The number of rotatable bonds is 4. The van der Waals surface area contributed by atoms with Crippen molar-refractivity contribution in [2.45, 2.75) is 13.8 Å².